The van der Waals surface area contributed by atoms with E-state index in [9.17, 15) is 4.79 Å². The van der Waals surface area contributed by atoms with Crippen LogP contribution < -0.4 is 10.1 Å². The molecule has 1 aromatic carbocycles. The maximum atomic E-state index is 12.8. The number of aromatic nitrogens is 3. The number of carbonyl (C=O) groups excluding carboxylic acids is 1. The van der Waals surface area contributed by atoms with E-state index in [1.165, 1.54) is 4.68 Å². The SMILES string of the molecule is COc1ccccc1CNc1nc(-c2ccco2)nn1C(=O)C(C)(C)C. The second-order valence-corrected chi connectivity index (χ2v) is 6.87. The van der Waals surface area contributed by atoms with E-state index in [-0.39, 0.29) is 5.91 Å². The first kappa shape index (κ1) is 17.7. The Hall–Kier alpha value is -3.09. The van der Waals surface area contributed by atoms with E-state index in [2.05, 4.69) is 15.4 Å². The van der Waals surface area contributed by atoms with Gasteiger partial charge in [0, 0.05) is 17.5 Å². The van der Waals surface area contributed by atoms with Crippen LogP contribution in [0.5, 0.6) is 5.75 Å². The molecule has 136 valence electrons. The van der Waals surface area contributed by atoms with E-state index in [1.54, 1.807) is 25.5 Å². The summed E-state index contributed by atoms with van der Waals surface area (Å²) in [5.74, 6) is 1.83. The highest BCUT2D eigenvalue weighted by Crippen LogP contribution is 2.24. The van der Waals surface area contributed by atoms with Gasteiger partial charge in [0.2, 0.25) is 11.8 Å². The number of rotatable bonds is 5. The summed E-state index contributed by atoms with van der Waals surface area (Å²) in [6.45, 7) is 5.96. The average Bonchev–Trinajstić information content (AvgIpc) is 3.28. The minimum atomic E-state index is -0.602. The van der Waals surface area contributed by atoms with Crippen molar-refractivity contribution < 1.29 is 13.9 Å². The van der Waals surface area contributed by atoms with Gasteiger partial charge in [-0.05, 0) is 18.2 Å². The molecule has 0 aliphatic carbocycles. The lowest BCUT2D eigenvalue weighted by atomic mass is 9.96. The third-order valence-electron chi connectivity index (χ3n) is 3.81. The molecule has 0 radical (unpaired) electrons. The monoisotopic (exact) mass is 354 g/mol. The van der Waals surface area contributed by atoms with Crippen LogP contribution in [0, 0.1) is 5.41 Å². The molecule has 0 unspecified atom stereocenters. The van der Waals surface area contributed by atoms with E-state index in [0.717, 1.165) is 11.3 Å². The van der Waals surface area contributed by atoms with E-state index in [1.807, 2.05) is 45.0 Å². The molecule has 0 atom stereocenters. The summed E-state index contributed by atoms with van der Waals surface area (Å²) in [4.78, 5) is 17.2. The van der Waals surface area contributed by atoms with Crippen LogP contribution in [-0.4, -0.2) is 27.8 Å². The average molecular weight is 354 g/mol. The number of nitrogens with zero attached hydrogens (tertiary/aromatic N) is 3. The van der Waals surface area contributed by atoms with Crippen LogP contribution in [0.3, 0.4) is 0 Å². The molecule has 26 heavy (non-hydrogen) atoms. The van der Waals surface area contributed by atoms with Crippen molar-refractivity contribution in [1.82, 2.24) is 14.8 Å². The van der Waals surface area contributed by atoms with Gasteiger partial charge in [-0.15, -0.1) is 5.10 Å². The summed E-state index contributed by atoms with van der Waals surface area (Å²) in [7, 11) is 1.62. The molecule has 0 aliphatic heterocycles. The largest absolute Gasteiger partial charge is 0.496 e. The van der Waals surface area contributed by atoms with Gasteiger partial charge in [0.25, 0.3) is 5.91 Å². The van der Waals surface area contributed by atoms with Crippen LogP contribution in [0.25, 0.3) is 11.6 Å². The van der Waals surface area contributed by atoms with Crippen LogP contribution >= 0.6 is 0 Å². The minimum absolute atomic E-state index is 0.162. The fraction of sp³-hybridized carbons (Fsp3) is 0.316. The summed E-state index contributed by atoms with van der Waals surface area (Å²) in [5, 5.41) is 7.53. The quantitative estimate of drug-likeness (QED) is 0.749. The fourth-order valence-corrected chi connectivity index (χ4v) is 2.42. The van der Waals surface area contributed by atoms with Gasteiger partial charge >= 0.3 is 0 Å². The molecule has 1 N–H and O–H groups in total. The zero-order valence-corrected chi connectivity index (χ0v) is 15.3. The van der Waals surface area contributed by atoms with Gasteiger partial charge in [-0.25, -0.2) is 0 Å². The van der Waals surface area contributed by atoms with E-state index >= 15 is 0 Å². The van der Waals surface area contributed by atoms with Crippen LogP contribution in [-0.2, 0) is 6.54 Å². The van der Waals surface area contributed by atoms with Gasteiger partial charge in [-0.1, -0.05) is 39.0 Å². The van der Waals surface area contributed by atoms with Gasteiger partial charge in [0.15, 0.2) is 5.76 Å². The minimum Gasteiger partial charge on any atom is -0.496 e. The lowest BCUT2D eigenvalue weighted by molar-refractivity contribution is 0.0752. The molecular formula is C19H22N4O3. The third-order valence-corrected chi connectivity index (χ3v) is 3.81. The van der Waals surface area contributed by atoms with Crippen molar-refractivity contribution in [3.05, 3.63) is 48.2 Å². The summed E-state index contributed by atoms with van der Waals surface area (Å²) in [5.41, 5.74) is 0.349. The molecule has 0 amide bonds. The predicted octanol–water partition coefficient (Wildman–Crippen LogP) is 3.85. The van der Waals surface area contributed by atoms with Crippen LogP contribution in [0.2, 0.25) is 0 Å². The van der Waals surface area contributed by atoms with Crippen LogP contribution in [0.15, 0.2) is 47.1 Å². The molecule has 7 heteroatoms. The maximum Gasteiger partial charge on any atom is 0.255 e. The first-order chi connectivity index (χ1) is 12.4. The number of hydrogen-bond donors (Lipinski definition) is 1. The van der Waals surface area contributed by atoms with Crippen LogP contribution in [0.4, 0.5) is 5.95 Å². The molecule has 0 bridgehead atoms. The Kier molecular flexibility index (Phi) is 4.79. The highest BCUT2D eigenvalue weighted by atomic mass is 16.5. The van der Waals surface area contributed by atoms with Crippen molar-refractivity contribution in [2.75, 3.05) is 12.4 Å². The molecule has 3 aromatic rings. The predicted molar refractivity (Wildman–Crippen MR) is 98.1 cm³/mol. The number of methoxy groups -OCH3 is 1. The zero-order chi connectivity index (χ0) is 18.7. The molecule has 0 spiro atoms. The Morgan fingerprint density at radius 1 is 1.23 bits per heavy atom. The topological polar surface area (TPSA) is 82.2 Å². The number of ether oxygens (including phenoxy) is 1. The summed E-state index contributed by atoms with van der Waals surface area (Å²) in [6, 6.07) is 11.2. The van der Waals surface area contributed by atoms with Crippen molar-refractivity contribution in [2.24, 2.45) is 5.41 Å². The molecular weight excluding hydrogens is 332 g/mol. The second-order valence-electron chi connectivity index (χ2n) is 6.87. The first-order valence-corrected chi connectivity index (χ1v) is 8.31. The fourth-order valence-electron chi connectivity index (χ4n) is 2.42. The Morgan fingerprint density at radius 2 is 2.00 bits per heavy atom. The van der Waals surface area contributed by atoms with Crippen molar-refractivity contribution in [1.29, 1.82) is 0 Å². The van der Waals surface area contributed by atoms with Gasteiger partial charge in [0.1, 0.15) is 5.75 Å². The number of anilines is 1. The number of furan rings is 1. The Morgan fingerprint density at radius 3 is 2.65 bits per heavy atom. The molecule has 2 aromatic heterocycles. The normalized spacial score (nSPS) is 11.4. The molecule has 0 saturated heterocycles. The Balaban J connectivity index is 1.93. The van der Waals surface area contributed by atoms with Gasteiger partial charge in [-0.2, -0.15) is 9.67 Å². The maximum absolute atomic E-state index is 12.8. The molecule has 0 fully saturated rings. The van der Waals surface area contributed by atoms with Crippen molar-refractivity contribution >= 4 is 11.9 Å². The first-order valence-electron chi connectivity index (χ1n) is 8.31. The number of hydrogen-bond acceptors (Lipinski definition) is 6. The van der Waals surface area contributed by atoms with Gasteiger partial charge < -0.3 is 14.5 Å². The van der Waals surface area contributed by atoms with E-state index < -0.39 is 5.41 Å². The Labute approximate surface area is 152 Å². The summed E-state index contributed by atoms with van der Waals surface area (Å²) in [6.07, 6.45) is 1.55. The van der Waals surface area contributed by atoms with Gasteiger partial charge in [-0.3, -0.25) is 4.79 Å². The smallest absolute Gasteiger partial charge is 0.255 e. The number of para-hydroxylation sites is 1. The summed E-state index contributed by atoms with van der Waals surface area (Å²) < 4.78 is 12.0. The lowest BCUT2D eigenvalue weighted by Gasteiger charge is -2.17. The van der Waals surface area contributed by atoms with E-state index in [4.69, 9.17) is 9.15 Å². The number of nitrogens with one attached hydrogen (secondary N) is 1. The van der Waals surface area contributed by atoms with Crippen molar-refractivity contribution in [3.63, 3.8) is 0 Å². The van der Waals surface area contributed by atoms with Gasteiger partial charge in [0.05, 0.1) is 13.4 Å². The lowest BCUT2D eigenvalue weighted by Crippen LogP contribution is -2.29. The number of benzene rings is 1. The summed E-state index contributed by atoms with van der Waals surface area (Å²) >= 11 is 0. The zero-order valence-electron chi connectivity index (χ0n) is 15.3. The van der Waals surface area contributed by atoms with Crippen LogP contribution in [0.1, 0.15) is 31.1 Å². The molecule has 0 saturated carbocycles. The molecule has 2 heterocycles. The highest BCUT2D eigenvalue weighted by Gasteiger charge is 2.28. The Bertz CT molecular complexity index is 892. The highest BCUT2D eigenvalue weighted by molar-refractivity contribution is 5.85. The standard InChI is InChI=1S/C19H22N4O3/c1-19(2,3)17(24)23-18(21-16(22-23)15-10-7-11-26-15)20-12-13-8-5-6-9-14(13)25-4/h5-11H,12H2,1-4H3,(H,20,21,22). The molecule has 7 nitrogen and oxygen atoms in total. The third kappa shape index (κ3) is 3.61. The van der Waals surface area contributed by atoms with Crippen molar-refractivity contribution in [3.8, 4) is 17.3 Å². The number of carbonyl (C=O) groups is 1. The molecule has 0 aliphatic rings. The molecule has 3 rings (SSSR count). The second kappa shape index (κ2) is 7.03. The van der Waals surface area contributed by atoms with Crippen molar-refractivity contribution in [2.45, 2.75) is 27.3 Å². The van der Waals surface area contributed by atoms with E-state index in [0.29, 0.717) is 24.1 Å².